The van der Waals surface area contributed by atoms with Crippen LogP contribution < -0.4 is 5.32 Å². The van der Waals surface area contributed by atoms with E-state index < -0.39 is 24.9 Å². The first-order valence-electron chi connectivity index (χ1n) is 5.31. The zero-order valence-electron chi connectivity index (χ0n) is 8.94. The van der Waals surface area contributed by atoms with Crippen LogP contribution >= 0.6 is 0 Å². The van der Waals surface area contributed by atoms with E-state index in [1.54, 1.807) is 0 Å². The molecule has 0 atom stereocenters. The summed E-state index contributed by atoms with van der Waals surface area (Å²) in [6.07, 6.45) is -3.42. The number of carbonyl (C=O) groups excluding carboxylic acids is 1. The third kappa shape index (κ3) is 4.83. The molecule has 0 unspecified atom stereocenters. The van der Waals surface area contributed by atoms with Crippen molar-refractivity contribution in [2.45, 2.75) is 38.3 Å². The fourth-order valence-electron chi connectivity index (χ4n) is 1.56. The molecule has 0 spiro atoms. The van der Waals surface area contributed by atoms with Crippen LogP contribution in [0.25, 0.3) is 0 Å². The van der Waals surface area contributed by atoms with Gasteiger partial charge in [0.05, 0.1) is 6.42 Å². The molecule has 0 bridgehead atoms. The molecule has 1 amide bonds. The van der Waals surface area contributed by atoms with Crippen molar-refractivity contribution in [2.24, 2.45) is 5.41 Å². The van der Waals surface area contributed by atoms with Crippen LogP contribution in [-0.2, 0) is 4.79 Å². The minimum Gasteiger partial charge on any atom is -0.396 e. The molecule has 0 saturated heterocycles. The van der Waals surface area contributed by atoms with Crippen molar-refractivity contribution < 1.29 is 23.1 Å². The first-order chi connectivity index (χ1) is 7.37. The Labute approximate surface area is 92.0 Å². The molecule has 2 N–H and O–H groups in total. The molecule has 1 rings (SSSR count). The predicted octanol–water partition coefficient (Wildman–Crippen LogP) is 1.61. The molecule has 0 aromatic heterocycles. The van der Waals surface area contributed by atoms with Crippen LogP contribution in [0.3, 0.4) is 0 Å². The van der Waals surface area contributed by atoms with Crippen molar-refractivity contribution in [3.05, 3.63) is 0 Å². The third-order valence-electron chi connectivity index (χ3n) is 2.90. The Morgan fingerprint density at radius 3 is 2.44 bits per heavy atom. The number of carbonyl (C=O) groups is 1. The van der Waals surface area contributed by atoms with E-state index in [2.05, 4.69) is 5.32 Å². The Kier molecular flexibility index (Phi) is 4.18. The smallest absolute Gasteiger partial charge is 0.389 e. The lowest BCUT2D eigenvalue weighted by molar-refractivity contribution is -0.144. The van der Waals surface area contributed by atoms with Gasteiger partial charge in [-0.15, -0.1) is 0 Å². The number of aliphatic hydroxyl groups is 1. The van der Waals surface area contributed by atoms with Gasteiger partial charge in [-0.25, -0.2) is 0 Å². The largest absolute Gasteiger partial charge is 0.396 e. The van der Waals surface area contributed by atoms with Crippen molar-refractivity contribution in [1.82, 2.24) is 5.32 Å². The number of nitrogens with one attached hydrogen (secondary N) is 1. The van der Waals surface area contributed by atoms with Gasteiger partial charge in [0.2, 0.25) is 5.91 Å². The van der Waals surface area contributed by atoms with Gasteiger partial charge < -0.3 is 10.4 Å². The summed E-state index contributed by atoms with van der Waals surface area (Å²) in [6.45, 7) is 0.433. The fourth-order valence-corrected chi connectivity index (χ4v) is 1.56. The van der Waals surface area contributed by atoms with Gasteiger partial charge in [-0.3, -0.25) is 4.79 Å². The van der Waals surface area contributed by atoms with E-state index in [9.17, 15) is 18.0 Å². The molecule has 6 heteroatoms. The summed E-state index contributed by atoms with van der Waals surface area (Å²) in [5.74, 6) is -0.568. The van der Waals surface area contributed by atoms with Crippen LogP contribution in [0.4, 0.5) is 13.2 Å². The molecule has 0 aromatic carbocycles. The highest BCUT2D eigenvalue weighted by atomic mass is 19.4. The third-order valence-corrected chi connectivity index (χ3v) is 2.90. The molecule has 0 radical (unpaired) electrons. The number of halogens is 3. The van der Waals surface area contributed by atoms with E-state index in [0.717, 1.165) is 12.8 Å². The molecule has 0 aliphatic heterocycles. The zero-order chi connectivity index (χ0) is 12.2. The standard InChI is InChI=1S/C10H16F3NO2/c11-10(12,13)2-1-8(16)14-7-9(3-4-9)5-6-15/h15H,1-7H2,(H,14,16). The molecule has 94 valence electrons. The van der Waals surface area contributed by atoms with Crippen molar-refractivity contribution in [2.75, 3.05) is 13.2 Å². The topological polar surface area (TPSA) is 49.3 Å². The molecule has 1 aliphatic carbocycles. The Hall–Kier alpha value is -0.780. The quantitative estimate of drug-likeness (QED) is 0.739. The van der Waals surface area contributed by atoms with Crippen molar-refractivity contribution in [3.63, 3.8) is 0 Å². The Morgan fingerprint density at radius 1 is 1.38 bits per heavy atom. The lowest BCUT2D eigenvalue weighted by atomic mass is 10.0. The van der Waals surface area contributed by atoms with E-state index in [1.807, 2.05) is 0 Å². The normalized spacial score (nSPS) is 18.2. The minimum atomic E-state index is -4.28. The van der Waals surface area contributed by atoms with Crippen molar-refractivity contribution >= 4 is 5.91 Å². The number of hydrogen-bond acceptors (Lipinski definition) is 2. The molecular weight excluding hydrogens is 223 g/mol. The summed E-state index contributed by atoms with van der Waals surface area (Å²) in [4.78, 5) is 11.1. The Morgan fingerprint density at radius 2 is 2.00 bits per heavy atom. The van der Waals surface area contributed by atoms with E-state index in [0.29, 0.717) is 13.0 Å². The number of rotatable bonds is 6. The maximum absolute atomic E-state index is 11.8. The van der Waals surface area contributed by atoms with Crippen LogP contribution in [0.2, 0.25) is 0 Å². The van der Waals surface area contributed by atoms with Gasteiger partial charge in [0.1, 0.15) is 0 Å². The van der Waals surface area contributed by atoms with E-state index >= 15 is 0 Å². The highest BCUT2D eigenvalue weighted by Gasteiger charge is 2.41. The van der Waals surface area contributed by atoms with Gasteiger partial charge in [0, 0.05) is 19.6 Å². The maximum atomic E-state index is 11.8. The highest BCUT2D eigenvalue weighted by Crippen LogP contribution is 2.47. The van der Waals surface area contributed by atoms with Gasteiger partial charge in [-0.2, -0.15) is 13.2 Å². The average Bonchev–Trinajstić information content (AvgIpc) is 2.92. The maximum Gasteiger partial charge on any atom is 0.389 e. The number of alkyl halides is 3. The van der Waals surface area contributed by atoms with E-state index in [4.69, 9.17) is 5.11 Å². The zero-order valence-corrected chi connectivity index (χ0v) is 8.94. The van der Waals surface area contributed by atoms with E-state index in [1.165, 1.54) is 0 Å². The summed E-state index contributed by atoms with van der Waals surface area (Å²) in [6, 6.07) is 0. The molecule has 16 heavy (non-hydrogen) atoms. The van der Waals surface area contributed by atoms with Gasteiger partial charge in [-0.05, 0) is 24.7 Å². The summed E-state index contributed by atoms with van der Waals surface area (Å²) >= 11 is 0. The lowest BCUT2D eigenvalue weighted by Gasteiger charge is -2.14. The average molecular weight is 239 g/mol. The van der Waals surface area contributed by atoms with Gasteiger partial charge in [-0.1, -0.05) is 0 Å². The minimum absolute atomic E-state index is 0.0529. The van der Waals surface area contributed by atoms with Crippen molar-refractivity contribution in [3.8, 4) is 0 Å². The molecule has 3 nitrogen and oxygen atoms in total. The fraction of sp³-hybridized carbons (Fsp3) is 0.900. The first-order valence-corrected chi connectivity index (χ1v) is 5.31. The SMILES string of the molecule is O=C(CCC(F)(F)F)NCC1(CCO)CC1. The molecule has 1 aliphatic rings. The summed E-state index contributed by atoms with van der Waals surface area (Å²) in [5, 5.41) is 11.2. The second-order valence-electron chi connectivity index (χ2n) is 4.37. The highest BCUT2D eigenvalue weighted by molar-refractivity contribution is 5.75. The number of aliphatic hydroxyl groups excluding tert-OH is 1. The second-order valence-corrected chi connectivity index (χ2v) is 4.37. The number of amides is 1. The monoisotopic (exact) mass is 239 g/mol. The Balaban J connectivity index is 2.16. The molecule has 1 fully saturated rings. The molecule has 1 saturated carbocycles. The van der Waals surface area contributed by atoms with Gasteiger partial charge >= 0.3 is 6.18 Å². The molecule has 0 heterocycles. The summed E-state index contributed by atoms with van der Waals surface area (Å²) in [7, 11) is 0. The second kappa shape index (κ2) is 5.03. The Bertz CT molecular complexity index is 249. The molecular formula is C10H16F3NO2. The van der Waals surface area contributed by atoms with Gasteiger partial charge in [0.15, 0.2) is 0 Å². The van der Waals surface area contributed by atoms with Crippen molar-refractivity contribution in [1.29, 1.82) is 0 Å². The first kappa shape index (κ1) is 13.3. The van der Waals surface area contributed by atoms with Crippen LogP contribution in [0.5, 0.6) is 0 Å². The van der Waals surface area contributed by atoms with Gasteiger partial charge in [0.25, 0.3) is 0 Å². The van der Waals surface area contributed by atoms with Crippen LogP contribution in [0.15, 0.2) is 0 Å². The van der Waals surface area contributed by atoms with Crippen LogP contribution in [0.1, 0.15) is 32.1 Å². The summed E-state index contributed by atoms with van der Waals surface area (Å²) < 4.78 is 35.4. The lowest BCUT2D eigenvalue weighted by Crippen LogP contribution is -2.31. The molecule has 0 aromatic rings. The summed E-state index contributed by atoms with van der Waals surface area (Å²) in [5.41, 5.74) is -0.0529. The predicted molar refractivity (Wildman–Crippen MR) is 51.7 cm³/mol. The number of hydrogen-bond donors (Lipinski definition) is 2. The van der Waals surface area contributed by atoms with Crippen LogP contribution in [-0.4, -0.2) is 30.3 Å². The van der Waals surface area contributed by atoms with E-state index in [-0.39, 0.29) is 12.0 Å². The van der Waals surface area contributed by atoms with Crippen LogP contribution in [0, 0.1) is 5.41 Å².